The van der Waals surface area contributed by atoms with E-state index in [9.17, 15) is 8.78 Å². The van der Waals surface area contributed by atoms with Crippen LogP contribution >= 0.6 is 0 Å². The minimum Gasteiger partial charge on any atom is -0.379 e. The molecule has 2 nitrogen and oxygen atoms in total. The fraction of sp³-hybridized carbons (Fsp3) is 0.600. The summed E-state index contributed by atoms with van der Waals surface area (Å²) in [6.45, 7) is 2.74. The van der Waals surface area contributed by atoms with Gasteiger partial charge in [0, 0.05) is 12.7 Å². The van der Waals surface area contributed by atoms with Crippen molar-refractivity contribution in [2.75, 3.05) is 13.7 Å². The molecular formula is C15H21F2NO. The molecule has 0 spiro atoms. The summed E-state index contributed by atoms with van der Waals surface area (Å²) >= 11 is 0. The Kier molecular flexibility index (Phi) is 4.88. The first-order valence-electron chi connectivity index (χ1n) is 6.89. The molecule has 1 fully saturated rings. The number of methoxy groups -OCH3 is 1. The first kappa shape index (κ1) is 14.4. The van der Waals surface area contributed by atoms with E-state index in [1.165, 1.54) is 18.2 Å². The van der Waals surface area contributed by atoms with E-state index in [2.05, 4.69) is 5.32 Å². The Labute approximate surface area is 113 Å². The van der Waals surface area contributed by atoms with Gasteiger partial charge in [0.05, 0.1) is 12.1 Å². The third-order valence-corrected chi connectivity index (χ3v) is 3.61. The highest BCUT2D eigenvalue weighted by molar-refractivity contribution is 5.25. The minimum absolute atomic E-state index is 0.106. The predicted octanol–water partition coefficient (Wildman–Crippen LogP) is 3.43. The summed E-state index contributed by atoms with van der Waals surface area (Å²) in [7, 11) is 1.61. The van der Waals surface area contributed by atoms with Gasteiger partial charge >= 0.3 is 0 Å². The number of ether oxygens (including phenoxy) is 1. The second-order valence-electron chi connectivity index (χ2n) is 5.10. The summed E-state index contributed by atoms with van der Waals surface area (Å²) in [4.78, 5) is 0. The smallest absolute Gasteiger partial charge is 0.131 e. The topological polar surface area (TPSA) is 21.3 Å². The van der Waals surface area contributed by atoms with E-state index >= 15 is 0 Å². The van der Waals surface area contributed by atoms with Crippen molar-refractivity contribution in [2.24, 2.45) is 5.92 Å². The molecule has 1 aromatic rings. The zero-order valence-electron chi connectivity index (χ0n) is 11.5. The molecule has 0 amide bonds. The lowest BCUT2D eigenvalue weighted by Gasteiger charge is -2.28. The zero-order chi connectivity index (χ0) is 13.8. The van der Waals surface area contributed by atoms with Gasteiger partial charge in [0.1, 0.15) is 11.6 Å². The summed E-state index contributed by atoms with van der Waals surface area (Å²) in [6.07, 6.45) is 2.88. The van der Waals surface area contributed by atoms with Crippen molar-refractivity contribution in [3.8, 4) is 0 Å². The Hall–Kier alpha value is -1.00. The first-order chi connectivity index (χ1) is 9.19. The highest BCUT2D eigenvalue weighted by Gasteiger charge is 2.39. The van der Waals surface area contributed by atoms with Crippen molar-refractivity contribution < 1.29 is 13.5 Å². The van der Waals surface area contributed by atoms with Gasteiger partial charge in [0.2, 0.25) is 0 Å². The minimum atomic E-state index is -0.503. The maximum atomic E-state index is 14.0. The van der Waals surface area contributed by atoms with Crippen LogP contribution in [-0.4, -0.2) is 19.8 Å². The molecule has 1 aromatic carbocycles. The van der Waals surface area contributed by atoms with Gasteiger partial charge in [-0.1, -0.05) is 13.0 Å². The summed E-state index contributed by atoms with van der Waals surface area (Å²) in [5.74, 6) is -0.606. The van der Waals surface area contributed by atoms with E-state index in [0.29, 0.717) is 12.5 Å². The third-order valence-electron chi connectivity index (χ3n) is 3.61. The van der Waals surface area contributed by atoms with Gasteiger partial charge in [-0.2, -0.15) is 0 Å². The van der Waals surface area contributed by atoms with Crippen LogP contribution in [-0.2, 0) is 4.74 Å². The van der Waals surface area contributed by atoms with E-state index in [4.69, 9.17) is 4.74 Å². The van der Waals surface area contributed by atoms with Crippen molar-refractivity contribution in [3.63, 3.8) is 0 Å². The summed E-state index contributed by atoms with van der Waals surface area (Å²) in [5, 5.41) is 3.23. The van der Waals surface area contributed by atoms with Crippen LogP contribution in [0.4, 0.5) is 8.78 Å². The number of nitrogens with one attached hydrogen (secondary N) is 1. The average molecular weight is 269 g/mol. The van der Waals surface area contributed by atoms with Crippen LogP contribution in [0.2, 0.25) is 0 Å². The van der Waals surface area contributed by atoms with E-state index in [1.54, 1.807) is 7.11 Å². The van der Waals surface area contributed by atoms with Gasteiger partial charge in [0.25, 0.3) is 0 Å². The predicted molar refractivity (Wildman–Crippen MR) is 70.9 cm³/mol. The van der Waals surface area contributed by atoms with E-state index in [-0.39, 0.29) is 11.7 Å². The highest BCUT2D eigenvalue weighted by atomic mass is 19.1. The molecule has 0 bridgehead atoms. The number of halogens is 2. The van der Waals surface area contributed by atoms with Crippen LogP contribution < -0.4 is 5.32 Å². The molecule has 2 unspecified atom stereocenters. The van der Waals surface area contributed by atoms with Gasteiger partial charge in [-0.25, -0.2) is 8.78 Å². The quantitative estimate of drug-likeness (QED) is 0.819. The number of hydrogen-bond acceptors (Lipinski definition) is 2. The summed E-state index contributed by atoms with van der Waals surface area (Å²) < 4.78 is 33.4. The van der Waals surface area contributed by atoms with Crippen molar-refractivity contribution in [1.29, 1.82) is 0 Å². The van der Waals surface area contributed by atoms with Crippen LogP contribution in [0.25, 0.3) is 0 Å². The maximum Gasteiger partial charge on any atom is 0.131 e. The average Bonchev–Trinajstić information content (AvgIpc) is 3.20. The van der Waals surface area contributed by atoms with Gasteiger partial charge in [-0.05, 0) is 43.9 Å². The van der Waals surface area contributed by atoms with E-state index in [0.717, 1.165) is 19.3 Å². The Morgan fingerprint density at radius 3 is 2.42 bits per heavy atom. The molecule has 106 valence electrons. The monoisotopic (exact) mass is 269 g/mol. The van der Waals surface area contributed by atoms with Gasteiger partial charge in [0.15, 0.2) is 0 Å². The van der Waals surface area contributed by atoms with Crippen molar-refractivity contribution >= 4 is 0 Å². The van der Waals surface area contributed by atoms with Crippen LogP contribution in [0.15, 0.2) is 18.2 Å². The van der Waals surface area contributed by atoms with Crippen LogP contribution in [0.1, 0.15) is 37.8 Å². The molecule has 0 aliphatic heterocycles. The number of hydrogen-bond donors (Lipinski definition) is 1. The largest absolute Gasteiger partial charge is 0.379 e. The molecule has 0 radical (unpaired) electrons. The lowest BCUT2D eigenvalue weighted by molar-refractivity contribution is 0.0484. The second-order valence-corrected chi connectivity index (χ2v) is 5.10. The molecule has 4 heteroatoms. The highest BCUT2D eigenvalue weighted by Crippen LogP contribution is 2.40. The van der Waals surface area contributed by atoms with Crippen molar-refractivity contribution in [1.82, 2.24) is 5.32 Å². The molecule has 1 N–H and O–H groups in total. The van der Waals surface area contributed by atoms with Gasteiger partial charge < -0.3 is 10.1 Å². The standard InChI is InChI=1S/C15H21F2NO/c1-3-9-18-14(15(19-2)10-7-8-10)13-11(16)5-4-6-12(13)17/h4-6,10,14-15,18H,3,7-9H2,1-2H3. The molecular weight excluding hydrogens is 248 g/mol. The molecule has 1 saturated carbocycles. The van der Waals surface area contributed by atoms with Crippen LogP contribution in [0.5, 0.6) is 0 Å². The van der Waals surface area contributed by atoms with E-state index < -0.39 is 17.7 Å². The summed E-state index contributed by atoms with van der Waals surface area (Å²) in [6, 6.07) is 3.58. The second kappa shape index (κ2) is 6.44. The SMILES string of the molecule is CCCNC(c1c(F)cccc1F)C(OC)C1CC1. The Morgan fingerprint density at radius 2 is 1.95 bits per heavy atom. The maximum absolute atomic E-state index is 14.0. The lowest BCUT2D eigenvalue weighted by atomic mass is 9.96. The molecule has 2 rings (SSSR count). The number of benzene rings is 1. The van der Waals surface area contributed by atoms with Gasteiger partial charge in [-0.3, -0.25) is 0 Å². The van der Waals surface area contributed by atoms with E-state index in [1.807, 2.05) is 6.92 Å². The molecule has 0 heterocycles. The Bertz CT molecular complexity index is 400. The van der Waals surface area contributed by atoms with Crippen LogP contribution in [0.3, 0.4) is 0 Å². The molecule has 0 saturated heterocycles. The van der Waals surface area contributed by atoms with Crippen molar-refractivity contribution in [2.45, 2.75) is 38.3 Å². The molecule has 1 aliphatic rings. The fourth-order valence-corrected chi connectivity index (χ4v) is 2.52. The van der Waals surface area contributed by atoms with Crippen LogP contribution in [0, 0.1) is 17.6 Å². The molecule has 2 atom stereocenters. The first-order valence-corrected chi connectivity index (χ1v) is 6.89. The number of rotatable bonds is 7. The zero-order valence-corrected chi connectivity index (χ0v) is 11.5. The molecule has 1 aliphatic carbocycles. The normalized spacial score (nSPS) is 18.3. The Morgan fingerprint density at radius 1 is 1.32 bits per heavy atom. The van der Waals surface area contributed by atoms with Crippen molar-refractivity contribution in [3.05, 3.63) is 35.4 Å². The molecule has 0 aromatic heterocycles. The summed E-state index contributed by atoms with van der Waals surface area (Å²) in [5.41, 5.74) is 0.106. The fourth-order valence-electron chi connectivity index (χ4n) is 2.52. The third kappa shape index (κ3) is 3.31. The lowest BCUT2D eigenvalue weighted by Crippen LogP contribution is -2.36. The van der Waals surface area contributed by atoms with Gasteiger partial charge in [-0.15, -0.1) is 0 Å². The Balaban J connectivity index is 2.30. The molecule has 19 heavy (non-hydrogen) atoms.